The first-order chi connectivity index (χ1) is 54.7. The summed E-state index contributed by atoms with van der Waals surface area (Å²) in [4.78, 5) is 5.02. The van der Waals surface area contributed by atoms with Crippen molar-refractivity contribution in [2.24, 2.45) is 0 Å². The number of benzene rings is 16. The molecular weight excluding hydrogens is 1360 g/mol. The van der Waals surface area contributed by atoms with E-state index in [1.807, 2.05) is 0 Å². The van der Waals surface area contributed by atoms with Gasteiger partial charge in [0, 0.05) is 76.8 Å². The van der Waals surface area contributed by atoms with Gasteiger partial charge in [0.2, 0.25) is 0 Å². The van der Waals surface area contributed by atoms with Crippen LogP contribution in [0.4, 0.5) is 34.1 Å². The Morgan fingerprint density at radius 2 is 0.607 bits per heavy atom. The summed E-state index contributed by atoms with van der Waals surface area (Å²) in [6, 6.07) is 129. The molecule has 0 N–H and O–H groups in total. The van der Waals surface area contributed by atoms with Gasteiger partial charge in [0.25, 0.3) is 0 Å². The molecule has 1 unspecified atom stereocenters. The summed E-state index contributed by atoms with van der Waals surface area (Å²) in [5.41, 5.74) is 40.7. The number of hydrogen-bond acceptors (Lipinski definition) is 4. The van der Waals surface area contributed by atoms with Gasteiger partial charge in [-0.1, -0.05) is 309 Å². The van der Waals surface area contributed by atoms with E-state index >= 15 is 0 Å². The van der Waals surface area contributed by atoms with Crippen LogP contribution >= 0.6 is 0 Å². The second-order valence-corrected chi connectivity index (χ2v) is 33.2. The summed E-state index contributed by atoms with van der Waals surface area (Å²) >= 11 is 0. The minimum Gasteiger partial charge on any atom is -0.456 e. The molecule has 1 atom stereocenters. The highest BCUT2D eigenvalue weighted by Gasteiger charge is 2.43. The van der Waals surface area contributed by atoms with E-state index in [0.717, 1.165) is 107 Å². The first-order valence-corrected chi connectivity index (χ1v) is 39.5. The molecule has 112 heavy (non-hydrogen) atoms. The fourth-order valence-electron chi connectivity index (χ4n) is 20.5. The zero-order chi connectivity index (χ0) is 75.1. The van der Waals surface area contributed by atoms with Crippen molar-refractivity contribution in [1.82, 2.24) is 0 Å². The zero-order valence-corrected chi connectivity index (χ0v) is 63.8. The van der Waals surface area contributed by atoms with E-state index < -0.39 is 5.41 Å². The van der Waals surface area contributed by atoms with Crippen molar-refractivity contribution in [3.8, 4) is 89.0 Å². The molecular formula is C108H80N2O2. The van der Waals surface area contributed by atoms with Gasteiger partial charge in [-0.2, -0.15) is 0 Å². The molecule has 0 amide bonds. The van der Waals surface area contributed by atoms with Crippen molar-refractivity contribution in [3.05, 3.63) is 396 Å². The van der Waals surface area contributed by atoms with Gasteiger partial charge in [0.15, 0.2) is 0 Å². The fourth-order valence-corrected chi connectivity index (χ4v) is 20.5. The highest BCUT2D eigenvalue weighted by atomic mass is 16.3. The third kappa shape index (κ3) is 9.61. The number of anilines is 6. The fraction of sp³-hybridized carbons (Fsp3) is 0.111. The number of nitrogens with zero attached hydrogens (tertiary/aromatic N) is 2. The van der Waals surface area contributed by atoms with Crippen molar-refractivity contribution in [3.63, 3.8) is 0 Å². The summed E-state index contributed by atoms with van der Waals surface area (Å²) in [6.07, 6.45) is 0.749. The van der Waals surface area contributed by atoms with Crippen molar-refractivity contribution in [1.29, 1.82) is 0 Å². The number of rotatable bonds is 12. The molecule has 4 heteroatoms. The molecule has 0 aliphatic heterocycles. The molecule has 16 aromatic carbocycles. The molecule has 18 aromatic rings. The minimum absolute atomic E-state index is 0.114. The minimum atomic E-state index is -0.416. The van der Waals surface area contributed by atoms with E-state index in [4.69, 9.17) is 8.83 Å². The molecule has 534 valence electrons. The van der Waals surface area contributed by atoms with Gasteiger partial charge in [-0.15, -0.1) is 0 Å². The maximum absolute atomic E-state index is 7.13. The molecule has 22 rings (SSSR count). The molecule has 4 nitrogen and oxygen atoms in total. The molecule has 0 spiro atoms. The van der Waals surface area contributed by atoms with Crippen LogP contribution in [-0.4, -0.2) is 0 Å². The van der Waals surface area contributed by atoms with Crippen LogP contribution in [0.2, 0.25) is 0 Å². The lowest BCUT2D eigenvalue weighted by molar-refractivity contribution is 0.582. The number of hydrogen-bond donors (Lipinski definition) is 0. The average molecular weight is 1440 g/mol. The predicted octanol–water partition coefficient (Wildman–Crippen LogP) is 29.5. The van der Waals surface area contributed by atoms with Crippen molar-refractivity contribution in [2.75, 3.05) is 9.80 Å². The third-order valence-electron chi connectivity index (χ3n) is 26.0. The van der Waals surface area contributed by atoms with Crippen molar-refractivity contribution in [2.45, 2.75) is 76.5 Å². The Bertz CT molecular complexity index is 7010. The number of para-hydroxylation sites is 5. The van der Waals surface area contributed by atoms with E-state index in [0.29, 0.717) is 0 Å². The van der Waals surface area contributed by atoms with Gasteiger partial charge in [-0.25, -0.2) is 0 Å². The van der Waals surface area contributed by atoms with Gasteiger partial charge >= 0.3 is 0 Å². The molecule has 0 saturated carbocycles. The number of fused-ring (bicyclic) bond motifs is 18. The molecule has 0 radical (unpaired) electrons. The summed E-state index contributed by atoms with van der Waals surface area (Å²) in [7, 11) is 0. The van der Waals surface area contributed by atoms with Crippen LogP contribution in [0.15, 0.2) is 355 Å². The van der Waals surface area contributed by atoms with Crippen molar-refractivity contribution >= 4 is 78.0 Å². The monoisotopic (exact) mass is 1440 g/mol. The van der Waals surface area contributed by atoms with Crippen LogP contribution < -0.4 is 9.80 Å². The Labute approximate surface area is 653 Å². The topological polar surface area (TPSA) is 32.8 Å². The normalized spacial score (nSPS) is 15.4. The van der Waals surface area contributed by atoms with E-state index in [1.54, 1.807) is 0 Å². The maximum Gasteiger partial charge on any atom is 0.135 e. The summed E-state index contributed by atoms with van der Waals surface area (Å²) in [5.74, 6) is 0. The number of furan rings is 2. The van der Waals surface area contributed by atoms with Gasteiger partial charge in [-0.05, 0) is 208 Å². The molecule has 4 aliphatic carbocycles. The molecule has 0 bridgehead atoms. The Hall–Kier alpha value is -13.3. The Morgan fingerprint density at radius 1 is 0.223 bits per heavy atom. The van der Waals surface area contributed by atoms with Crippen LogP contribution in [0.3, 0.4) is 0 Å². The van der Waals surface area contributed by atoms with Gasteiger partial charge in [0.1, 0.15) is 22.3 Å². The van der Waals surface area contributed by atoms with Crippen LogP contribution in [0.1, 0.15) is 98.5 Å². The maximum atomic E-state index is 7.13. The first kappa shape index (κ1) is 65.8. The molecule has 0 saturated heterocycles. The highest BCUT2D eigenvalue weighted by Crippen LogP contribution is 2.60. The van der Waals surface area contributed by atoms with E-state index in [-0.39, 0.29) is 16.2 Å². The van der Waals surface area contributed by atoms with Crippen LogP contribution in [0.5, 0.6) is 0 Å². The van der Waals surface area contributed by atoms with Crippen LogP contribution in [0, 0.1) is 0 Å². The van der Waals surface area contributed by atoms with Crippen molar-refractivity contribution < 1.29 is 8.83 Å². The van der Waals surface area contributed by atoms with Gasteiger partial charge in [-0.3, -0.25) is 0 Å². The largest absolute Gasteiger partial charge is 0.456 e. The second-order valence-electron chi connectivity index (χ2n) is 33.2. The zero-order valence-electron chi connectivity index (χ0n) is 63.8. The van der Waals surface area contributed by atoms with E-state index in [9.17, 15) is 0 Å². The first-order valence-electron chi connectivity index (χ1n) is 39.5. The van der Waals surface area contributed by atoms with Crippen LogP contribution in [0.25, 0.3) is 133 Å². The Kier molecular flexibility index (Phi) is 14.3. The summed E-state index contributed by atoms with van der Waals surface area (Å²) in [5, 5.41) is 4.31. The second kappa shape index (κ2) is 24.4. The lowest BCUT2D eigenvalue weighted by atomic mass is 9.75. The Balaban J connectivity index is 0.665. The quantitative estimate of drug-likeness (QED) is 0.122. The molecule has 0 fully saturated rings. The molecule has 2 heterocycles. The predicted molar refractivity (Wildman–Crippen MR) is 467 cm³/mol. The smallest absolute Gasteiger partial charge is 0.135 e. The van der Waals surface area contributed by atoms with E-state index in [2.05, 4.69) is 404 Å². The van der Waals surface area contributed by atoms with Gasteiger partial charge < -0.3 is 18.6 Å². The van der Waals surface area contributed by atoms with Gasteiger partial charge in [0.05, 0.1) is 22.7 Å². The van der Waals surface area contributed by atoms with E-state index in [1.165, 1.54) is 117 Å². The standard InChI is InChI=1S/C108H80N2O2/c1-105(2)88-40-18-9-31-74(88)84-61-67(52-57-90(84)105)71-28-12-21-45-95(71)109(97-47-23-14-32-76(97)80-37-26-43-92-103(80)82-35-10-19-41-89(82)106(92,3)4)70-54-59-101-86(64-70)79-55-50-66(60-102(79)112-101)65-108(7)91-42-20-11-36-83(91)104-81(38-27-44-93(104)108)77-33-15-24-48-98(77)110(69-53-58-100-85(63-69)78-34-16-25-49-99(78)111-100)96-46-22-13-29-72(96)68-51-56-75-73-30-8-17-39-87(73)107(5,6)94(75)62-68/h8-64H,65H2,1-7H3. The average Bonchev–Trinajstić information content (AvgIpc) is 1.54. The molecule has 4 aliphatic rings. The highest BCUT2D eigenvalue weighted by molar-refractivity contribution is 6.10. The molecule has 2 aromatic heterocycles. The summed E-state index contributed by atoms with van der Waals surface area (Å²) < 4.78 is 13.7. The van der Waals surface area contributed by atoms with Crippen LogP contribution in [-0.2, 0) is 28.1 Å². The third-order valence-corrected chi connectivity index (χ3v) is 26.0. The lowest BCUT2D eigenvalue weighted by Gasteiger charge is -2.31. The lowest BCUT2D eigenvalue weighted by Crippen LogP contribution is -2.24. The Morgan fingerprint density at radius 3 is 1.21 bits per heavy atom. The summed E-state index contributed by atoms with van der Waals surface area (Å²) in [6.45, 7) is 16.7. The SMILES string of the molecule is CC1(C)c2ccccc2-c2cc(-c3ccccc3N(c3ccc4oc5cc(CC6(C)c7ccccc7-c7c(-c8ccccc8N(c8ccc9oc%10ccccc%10c9c8)c8ccccc8-c8ccc9c(c8)C(C)(C)c8ccccc8-9)cccc76)ccc5c4c3)c3ccccc3-c3cccc4c3-c3ccccc3C4(C)C)ccc21.